The molecule has 6 nitrogen and oxygen atoms in total. The summed E-state index contributed by atoms with van der Waals surface area (Å²) < 4.78 is 16.8. The Morgan fingerprint density at radius 3 is 2.52 bits per heavy atom. The molecule has 0 aromatic heterocycles. The van der Waals surface area contributed by atoms with Crippen LogP contribution in [0.2, 0.25) is 5.02 Å². The van der Waals surface area contributed by atoms with Crippen molar-refractivity contribution in [2.24, 2.45) is 5.92 Å². The Morgan fingerprint density at radius 1 is 1.10 bits per heavy atom. The van der Waals surface area contributed by atoms with E-state index >= 15 is 0 Å². The van der Waals surface area contributed by atoms with Gasteiger partial charge in [0.2, 0.25) is 0 Å². The number of benzene rings is 2. The van der Waals surface area contributed by atoms with Gasteiger partial charge >= 0.3 is 5.97 Å². The average Bonchev–Trinajstić information content (AvgIpc) is 2.74. The summed E-state index contributed by atoms with van der Waals surface area (Å²) in [6.45, 7) is 1.18. The Labute approximate surface area is 175 Å². The highest BCUT2D eigenvalue weighted by Crippen LogP contribution is 2.44. The molecule has 1 saturated heterocycles. The van der Waals surface area contributed by atoms with E-state index in [1.54, 1.807) is 27.4 Å². The van der Waals surface area contributed by atoms with E-state index in [-0.39, 0.29) is 6.04 Å². The number of nitrogens with zero attached hydrogens (tertiary/aromatic N) is 1. The molecule has 1 fully saturated rings. The molecule has 1 heterocycles. The molecule has 2 aromatic carbocycles. The molecule has 0 saturated carbocycles. The van der Waals surface area contributed by atoms with Crippen LogP contribution in [0.1, 0.15) is 30.0 Å². The maximum absolute atomic E-state index is 11.7. The van der Waals surface area contributed by atoms with Gasteiger partial charge in [0.05, 0.1) is 33.3 Å². The second-order valence-corrected chi connectivity index (χ2v) is 7.48. The molecule has 2 atom stereocenters. The summed E-state index contributed by atoms with van der Waals surface area (Å²) in [5.74, 6) is 0.709. The van der Waals surface area contributed by atoms with Crippen molar-refractivity contribution in [2.45, 2.75) is 18.9 Å². The summed E-state index contributed by atoms with van der Waals surface area (Å²) in [4.78, 5) is 13.8. The van der Waals surface area contributed by atoms with Gasteiger partial charge in [0, 0.05) is 22.7 Å². The molecule has 2 aromatic rings. The number of carboxylic acid groups (broad SMARTS) is 1. The van der Waals surface area contributed by atoms with Gasteiger partial charge in [-0.1, -0.05) is 23.7 Å². The fourth-order valence-electron chi connectivity index (χ4n) is 4.05. The Kier molecular flexibility index (Phi) is 6.87. The zero-order chi connectivity index (χ0) is 21.0. The van der Waals surface area contributed by atoms with E-state index in [2.05, 4.69) is 4.90 Å². The largest absolute Gasteiger partial charge is 0.496 e. The van der Waals surface area contributed by atoms with Crippen LogP contribution < -0.4 is 14.2 Å². The number of hydrogen-bond donors (Lipinski definition) is 1. The molecule has 0 amide bonds. The summed E-state index contributed by atoms with van der Waals surface area (Å²) in [7, 11) is 4.81. The van der Waals surface area contributed by atoms with E-state index in [4.69, 9.17) is 25.8 Å². The molecule has 0 spiro atoms. The van der Waals surface area contributed by atoms with Gasteiger partial charge < -0.3 is 19.3 Å². The minimum Gasteiger partial charge on any atom is -0.496 e. The topological polar surface area (TPSA) is 68.2 Å². The predicted molar refractivity (Wildman–Crippen MR) is 111 cm³/mol. The molecule has 29 heavy (non-hydrogen) atoms. The van der Waals surface area contributed by atoms with E-state index < -0.39 is 11.9 Å². The number of aliphatic carboxylic acids is 1. The van der Waals surface area contributed by atoms with Gasteiger partial charge in [-0.15, -0.1) is 0 Å². The number of para-hydroxylation sites is 1. The standard InChI is InChI=1S/C22H26ClNO5/c1-27-18-10-9-15(23)12-17(18)20(24-11-5-6-14(13-24)22(25)26)16-7-4-8-19(28-2)21(16)29-3/h4,7-10,12,14,20H,5-6,11,13H2,1-3H3,(H,25,26). The highest BCUT2D eigenvalue weighted by Gasteiger charge is 2.34. The van der Waals surface area contributed by atoms with Crippen molar-refractivity contribution in [3.8, 4) is 17.2 Å². The van der Waals surface area contributed by atoms with Crippen LogP contribution in [-0.4, -0.2) is 50.4 Å². The van der Waals surface area contributed by atoms with Crippen LogP contribution in [-0.2, 0) is 4.79 Å². The number of hydrogen-bond acceptors (Lipinski definition) is 5. The number of carbonyl (C=O) groups is 1. The Hall–Kier alpha value is -2.44. The minimum atomic E-state index is -0.774. The first-order valence-electron chi connectivity index (χ1n) is 9.51. The molecule has 3 rings (SSSR count). The number of likely N-dealkylation sites (tertiary alicyclic amines) is 1. The summed E-state index contributed by atoms with van der Waals surface area (Å²) in [5.41, 5.74) is 1.73. The molecule has 7 heteroatoms. The highest BCUT2D eigenvalue weighted by molar-refractivity contribution is 6.30. The first kappa shape index (κ1) is 21.3. The number of rotatable bonds is 7. The third kappa shape index (κ3) is 4.43. The maximum Gasteiger partial charge on any atom is 0.307 e. The molecule has 156 valence electrons. The van der Waals surface area contributed by atoms with Crippen molar-refractivity contribution in [3.05, 3.63) is 52.5 Å². The van der Waals surface area contributed by atoms with Gasteiger partial charge in [-0.25, -0.2) is 0 Å². The van der Waals surface area contributed by atoms with Crippen molar-refractivity contribution in [1.82, 2.24) is 4.90 Å². The van der Waals surface area contributed by atoms with Crippen LogP contribution in [0.3, 0.4) is 0 Å². The van der Waals surface area contributed by atoms with Crippen molar-refractivity contribution < 1.29 is 24.1 Å². The molecule has 2 unspecified atom stereocenters. The molecule has 0 radical (unpaired) electrons. The molecule has 0 aliphatic carbocycles. The SMILES string of the molecule is COc1ccc(Cl)cc1C(c1cccc(OC)c1OC)N1CCCC(C(=O)O)C1. The molecule has 1 N–H and O–H groups in total. The van der Waals surface area contributed by atoms with Gasteiger partial charge in [0.25, 0.3) is 0 Å². The molecule has 0 bridgehead atoms. The van der Waals surface area contributed by atoms with Gasteiger partial charge in [0.15, 0.2) is 11.5 Å². The third-order valence-electron chi connectivity index (χ3n) is 5.38. The van der Waals surface area contributed by atoms with Gasteiger partial charge in [-0.05, 0) is 43.7 Å². The lowest BCUT2D eigenvalue weighted by Crippen LogP contribution is -2.41. The number of ether oxygens (including phenoxy) is 3. The lowest BCUT2D eigenvalue weighted by Gasteiger charge is -2.38. The van der Waals surface area contributed by atoms with Gasteiger partial charge in [-0.2, -0.15) is 0 Å². The third-order valence-corrected chi connectivity index (χ3v) is 5.62. The Bertz CT molecular complexity index is 872. The lowest BCUT2D eigenvalue weighted by molar-refractivity contribution is -0.143. The van der Waals surface area contributed by atoms with E-state index in [1.807, 2.05) is 30.3 Å². The molecule has 1 aliphatic rings. The van der Waals surface area contributed by atoms with Crippen molar-refractivity contribution in [1.29, 1.82) is 0 Å². The van der Waals surface area contributed by atoms with E-state index in [0.717, 1.165) is 24.1 Å². The van der Waals surface area contributed by atoms with Gasteiger partial charge in [0.1, 0.15) is 5.75 Å². The Balaban J connectivity index is 2.18. The summed E-state index contributed by atoms with van der Waals surface area (Å²) >= 11 is 6.33. The lowest BCUT2D eigenvalue weighted by atomic mass is 9.90. The molecular weight excluding hydrogens is 394 g/mol. The average molecular weight is 420 g/mol. The zero-order valence-electron chi connectivity index (χ0n) is 16.9. The molecular formula is C22H26ClNO5. The van der Waals surface area contributed by atoms with Crippen molar-refractivity contribution in [3.63, 3.8) is 0 Å². The quantitative estimate of drug-likeness (QED) is 0.723. The van der Waals surface area contributed by atoms with Crippen LogP contribution in [0.5, 0.6) is 17.2 Å². The van der Waals surface area contributed by atoms with Crippen molar-refractivity contribution >= 4 is 17.6 Å². The normalized spacial score (nSPS) is 18.1. The zero-order valence-corrected chi connectivity index (χ0v) is 17.6. The maximum atomic E-state index is 11.7. The predicted octanol–water partition coefficient (Wildman–Crippen LogP) is 4.25. The van der Waals surface area contributed by atoms with E-state index in [1.165, 1.54) is 0 Å². The fourth-order valence-corrected chi connectivity index (χ4v) is 4.23. The Morgan fingerprint density at radius 2 is 1.86 bits per heavy atom. The minimum absolute atomic E-state index is 0.296. The van der Waals surface area contributed by atoms with Crippen LogP contribution in [0.4, 0.5) is 0 Å². The van der Waals surface area contributed by atoms with Crippen LogP contribution in [0.25, 0.3) is 0 Å². The van der Waals surface area contributed by atoms with Crippen LogP contribution in [0.15, 0.2) is 36.4 Å². The van der Waals surface area contributed by atoms with Gasteiger partial charge in [-0.3, -0.25) is 9.69 Å². The summed E-state index contributed by atoms with van der Waals surface area (Å²) in [6.07, 6.45) is 1.46. The van der Waals surface area contributed by atoms with Crippen LogP contribution in [0, 0.1) is 5.92 Å². The first-order chi connectivity index (χ1) is 14.0. The molecule has 1 aliphatic heterocycles. The smallest absolute Gasteiger partial charge is 0.307 e. The number of halogens is 1. The van der Waals surface area contributed by atoms with E-state index in [0.29, 0.717) is 35.2 Å². The second-order valence-electron chi connectivity index (χ2n) is 7.04. The fraction of sp³-hybridized carbons (Fsp3) is 0.409. The van der Waals surface area contributed by atoms with E-state index in [9.17, 15) is 9.90 Å². The first-order valence-corrected chi connectivity index (χ1v) is 9.89. The summed E-state index contributed by atoms with van der Waals surface area (Å²) in [6, 6.07) is 10.9. The van der Waals surface area contributed by atoms with Crippen LogP contribution >= 0.6 is 11.6 Å². The monoisotopic (exact) mass is 419 g/mol. The van der Waals surface area contributed by atoms with Crippen molar-refractivity contribution in [2.75, 3.05) is 34.4 Å². The number of methoxy groups -OCH3 is 3. The summed E-state index contributed by atoms with van der Waals surface area (Å²) in [5, 5.41) is 10.2. The number of carboxylic acids is 1. The highest BCUT2D eigenvalue weighted by atomic mass is 35.5. The second kappa shape index (κ2) is 9.37. The number of piperidine rings is 1.